The van der Waals surface area contributed by atoms with Crippen molar-refractivity contribution < 1.29 is 14.3 Å². The standard InChI is InChI=1S/C22H23N5O3/c1-13-11-23-8-9-27(13)12-16-18(29-2)6-5-15-20(28)19(30-21(15)16)10-17-14-4-3-7-24-22(14)26-25-17/h3-7,10,13,23,28H,8-9,11-12H2,1-2H3. The number of hydrogen-bond donors (Lipinski definition) is 2. The second-order valence-corrected chi connectivity index (χ2v) is 7.57. The lowest BCUT2D eigenvalue weighted by Gasteiger charge is -2.34. The van der Waals surface area contributed by atoms with Gasteiger partial charge in [-0.25, -0.2) is 4.98 Å². The highest BCUT2D eigenvalue weighted by atomic mass is 16.5. The predicted molar refractivity (Wildman–Crippen MR) is 114 cm³/mol. The van der Waals surface area contributed by atoms with E-state index in [9.17, 15) is 5.11 Å². The molecule has 2 aliphatic rings. The van der Waals surface area contributed by atoms with Gasteiger partial charge in [0.15, 0.2) is 17.3 Å². The molecule has 30 heavy (non-hydrogen) atoms. The van der Waals surface area contributed by atoms with Gasteiger partial charge in [-0.15, -0.1) is 10.2 Å². The van der Waals surface area contributed by atoms with Crippen molar-refractivity contribution in [2.24, 2.45) is 10.2 Å². The molecule has 1 atom stereocenters. The Morgan fingerprint density at radius 2 is 2.23 bits per heavy atom. The van der Waals surface area contributed by atoms with Gasteiger partial charge in [-0.3, -0.25) is 4.90 Å². The van der Waals surface area contributed by atoms with Crippen LogP contribution in [0.5, 0.6) is 11.5 Å². The van der Waals surface area contributed by atoms with E-state index in [1.807, 2.05) is 24.3 Å². The maximum atomic E-state index is 10.9. The molecular weight excluding hydrogens is 382 g/mol. The first-order valence-corrected chi connectivity index (χ1v) is 10.0. The van der Waals surface area contributed by atoms with Crippen molar-refractivity contribution in [2.45, 2.75) is 19.5 Å². The van der Waals surface area contributed by atoms with Crippen molar-refractivity contribution in [3.63, 3.8) is 0 Å². The number of furan rings is 1. The number of benzene rings is 1. The number of ether oxygens (including phenoxy) is 1. The van der Waals surface area contributed by atoms with Crippen LogP contribution in [-0.2, 0) is 6.54 Å². The highest BCUT2D eigenvalue weighted by Crippen LogP contribution is 2.41. The first-order chi connectivity index (χ1) is 14.7. The first kappa shape index (κ1) is 18.8. The van der Waals surface area contributed by atoms with Crippen LogP contribution in [0.3, 0.4) is 0 Å². The van der Waals surface area contributed by atoms with Crippen LogP contribution < -0.4 is 10.1 Å². The van der Waals surface area contributed by atoms with E-state index < -0.39 is 0 Å². The molecule has 1 fully saturated rings. The molecule has 2 aromatic heterocycles. The molecule has 154 valence electrons. The Labute approximate surface area is 173 Å². The van der Waals surface area contributed by atoms with Crippen LogP contribution in [0.4, 0.5) is 5.82 Å². The number of hydrogen-bond acceptors (Lipinski definition) is 8. The van der Waals surface area contributed by atoms with Gasteiger partial charge >= 0.3 is 0 Å². The fourth-order valence-electron chi connectivity index (χ4n) is 4.03. The number of nitrogens with one attached hydrogen (secondary N) is 1. The smallest absolute Gasteiger partial charge is 0.183 e. The van der Waals surface area contributed by atoms with E-state index in [0.29, 0.717) is 40.8 Å². The largest absolute Gasteiger partial charge is 0.504 e. The van der Waals surface area contributed by atoms with E-state index in [4.69, 9.17) is 9.15 Å². The number of aromatic nitrogens is 1. The molecule has 2 aliphatic heterocycles. The van der Waals surface area contributed by atoms with Crippen molar-refractivity contribution in [3.05, 3.63) is 47.3 Å². The molecule has 0 saturated carbocycles. The lowest BCUT2D eigenvalue weighted by atomic mass is 10.1. The molecule has 5 rings (SSSR count). The Hall–Kier alpha value is -3.23. The van der Waals surface area contributed by atoms with Crippen LogP contribution >= 0.6 is 0 Å². The minimum absolute atomic E-state index is 0.0855. The van der Waals surface area contributed by atoms with Crippen molar-refractivity contribution in [1.82, 2.24) is 15.2 Å². The average Bonchev–Trinajstić information content (AvgIpc) is 3.32. The third kappa shape index (κ3) is 3.14. The van der Waals surface area contributed by atoms with E-state index in [1.54, 1.807) is 19.4 Å². The fourth-order valence-corrected chi connectivity index (χ4v) is 4.03. The zero-order valence-electron chi connectivity index (χ0n) is 16.9. The lowest BCUT2D eigenvalue weighted by Crippen LogP contribution is -2.49. The number of piperazine rings is 1. The monoisotopic (exact) mass is 405 g/mol. The molecule has 1 unspecified atom stereocenters. The molecular formula is C22H23N5O3. The number of pyridine rings is 1. The molecule has 0 amide bonds. The lowest BCUT2D eigenvalue weighted by molar-refractivity contribution is 0.164. The maximum absolute atomic E-state index is 10.9. The molecule has 2 N–H and O–H groups in total. The third-order valence-corrected chi connectivity index (χ3v) is 5.72. The van der Waals surface area contributed by atoms with Crippen molar-refractivity contribution in [2.75, 3.05) is 26.7 Å². The van der Waals surface area contributed by atoms with Crippen LogP contribution in [0.15, 0.2) is 45.1 Å². The molecule has 8 nitrogen and oxygen atoms in total. The van der Waals surface area contributed by atoms with Gasteiger partial charge in [0.05, 0.1) is 18.1 Å². The molecule has 4 heterocycles. The maximum Gasteiger partial charge on any atom is 0.183 e. The minimum Gasteiger partial charge on any atom is -0.504 e. The summed E-state index contributed by atoms with van der Waals surface area (Å²) in [7, 11) is 1.65. The van der Waals surface area contributed by atoms with E-state index in [0.717, 1.165) is 36.5 Å². The summed E-state index contributed by atoms with van der Waals surface area (Å²) in [5.41, 5.74) is 2.98. The third-order valence-electron chi connectivity index (χ3n) is 5.72. The minimum atomic E-state index is 0.0855. The summed E-state index contributed by atoms with van der Waals surface area (Å²) in [6.45, 7) is 5.71. The van der Waals surface area contributed by atoms with Gasteiger partial charge in [0.25, 0.3) is 0 Å². The Bertz CT molecular complexity index is 1170. The molecule has 0 radical (unpaired) electrons. The van der Waals surface area contributed by atoms with Gasteiger partial charge in [0.2, 0.25) is 0 Å². The number of azo groups is 1. The number of aromatic hydroxyl groups is 1. The Kier molecular flexibility index (Phi) is 4.72. The molecule has 0 bridgehead atoms. The summed E-state index contributed by atoms with van der Waals surface area (Å²) in [5.74, 6) is 1.74. The van der Waals surface area contributed by atoms with Gasteiger partial charge in [-0.1, -0.05) is 0 Å². The molecule has 8 heteroatoms. The van der Waals surface area contributed by atoms with E-state index in [2.05, 4.69) is 32.4 Å². The average molecular weight is 405 g/mol. The Morgan fingerprint density at radius 1 is 1.33 bits per heavy atom. The normalized spacial score (nSPS) is 20.2. The fraction of sp³-hybridized carbons (Fsp3) is 0.318. The van der Waals surface area contributed by atoms with Crippen molar-refractivity contribution in [1.29, 1.82) is 0 Å². The Balaban J connectivity index is 1.58. The van der Waals surface area contributed by atoms with Gasteiger partial charge in [0.1, 0.15) is 17.0 Å². The van der Waals surface area contributed by atoms with Crippen LogP contribution in [-0.4, -0.2) is 47.8 Å². The van der Waals surface area contributed by atoms with Crippen molar-refractivity contribution in [3.8, 4) is 11.5 Å². The molecule has 1 aromatic carbocycles. The number of nitrogens with zero attached hydrogens (tertiary/aromatic N) is 4. The van der Waals surface area contributed by atoms with E-state index in [-0.39, 0.29) is 5.75 Å². The van der Waals surface area contributed by atoms with Crippen LogP contribution in [0.1, 0.15) is 23.8 Å². The van der Waals surface area contributed by atoms with E-state index >= 15 is 0 Å². The zero-order valence-corrected chi connectivity index (χ0v) is 16.9. The molecule has 0 aliphatic carbocycles. The van der Waals surface area contributed by atoms with Gasteiger partial charge < -0.3 is 19.6 Å². The second kappa shape index (κ2) is 7.55. The predicted octanol–water partition coefficient (Wildman–Crippen LogP) is 3.93. The molecule has 0 spiro atoms. The van der Waals surface area contributed by atoms with Gasteiger partial charge in [-0.2, -0.15) is 0 Å². The van der Waals surface area contributed by atoms with Gasteiger partial charge in [-0.05, 0) is 31.2 Å². The highest BCUT2D eigenvalue weighted by molar-refractivity contribution is 5.94. The summed E-state index contributed by atoms with van der Waals surface area (Å²) >= 11 is 0. The Morgan fingerprint density at radius 3 is 3.07 bits per heavy atom. The SMILES string of the molecule is COc1ccc2c(O)c(C=C3N=Nc4ncccc43)oc2c1CN1CCNCC1C. The number of fused-ring (bicyclic) bond motifs is 2. The van der Waals surface area contributed by atoms with Crippen molar-refractivity contribution >= 4 is 28.6 Å². The number of methoxy groups -OCH3 is 1. The van der Waals surface area contributed by atoms with Crippen LogP contribution in [0.25, 0.3) is 22.7 Å². The summed E-state index contributed by atoms with van der Waals surface area (Å²) in [6.07, 6.45) is 3.38. The molecule has 1 saturated heterocycles. The highest BCUT2D eigenvalue weighted by Gasteiger charge is 2.25. The summed E-state index contributed by atoms with van der Waals surface area (Å²) in [6, 6.07) is 7.83. The second-order valence-electron chi connectivity index (χ2n) is 7.57. The topological polar surface area (TPSA) is 95.5 Å². The van der Waals surface area contributed by atoms with Crippen LogP contribution in [0.2, 0.25) is 0 Å². The quantitative estimate of drug-likeness (QED) is 0.683. The summed E-state index contributed by atoms with van der Waals surface area (Å²) < 4.78 is 11.8. The molecule has 3 aromatic rings. The van der Waals surface area contributed by atoms with Gasteiger partial charge in [0, 0.05) is 50.1 Å². The van der Waals surface area contributed by atoms with Crippen LogP contribution in [0, 0.1) is 0 Å². The first-order valence-electron chi connectivity index (χ1n) is 10.0. The zero-order chi connectivity index (χ0) is 20.7. The van der Waals surface area contributed by atoms with E-state index in [1.165, 1.54) is 0 Å². The summed E-state index contributed by atoms with van der Waals surface area (Å²) in [5, 5.41) is 23.2. The number of rotatable bonds is 4. The summed E-state index contributed by atoms with van der Waals surface area (Å²) in [4.78, 5) is 6.59.